The van der Waals surface area contributed by atoms with Crippen LogP contribution in [0, 0.1) is 0 Å². The number of aromatic nitrogens is 5. The molecule has 0 bridgehead atoms. The van der Waals surface area contributed by atoms with Crippen LogP contribution in [0.5, 0.6) is 0 Å². The fourth-order valence-corrected chi connectivity index (χ4v) is 1.77. The highest BCUT2D eigenvalue weighted by molar-refractivity contribution is 6.28. The lowest BCUT2D eigenvalue weighted by Crippen LogP contribution is -2.18. The summed E-state index contributed by atoms with van der Waals surface area (Å²) in [5.74, 6) is 0.882. The fourth-order valence-electron chi connectivity index (χ4n) is 1.62. The Morgan fingerprint density at radius 2 is 2.22 bits per heavy atom. The van der Waals surface area contributed by atoms with Crippen LogP contribution in [0.3, 0.4) is 0 Å². The minimum absolute atomic E-state index is 0.154. The van der Waals surface area contributed by atoms with Crippen LogP contribution in [0.1, 0.15) is 26.7 Å². The normalized spacial score (nSPS) is 12.4. The molecule has 2 aromatic heterocycles. The zero-order chi connectivity index (χ0) is 13.0. The van der Waals surface area contributed by atoms with Crippen molar-refractivity contribution in [3.63, 3.8) is 0 Å². The summed E-state index contributed by atoms with van der Waals surface area (Å²) in [5.41, 5.74) is 0. The van der Waals surface area contributed by atoms with Gasteiger partial charge in [-0.2, -0.15) is 20.1 Å². The smallest absolute Gasteiger partial charge is 0.256 e. The monoisotopic (exact) mass is 266 g/mol. The highest BCUT2D eigenvalue weighted by Gasteiger charge is 2.09. The van der Waals surface area contributed by atoms with Crippen LogP contribution in [-0.4, -0.2) is 30.8 Å². The number of halogens is 1. The second-order valence-corrected chi connectivity index (χ2v) is 4.35. The van der Waals surface area contributed by atoms with Gasteiger partial charge < -0.3 is 5.32 Å². The highest BCUT2D eigenvalue weighted by atomic mass is 35.5. The molecule has 0 saturated carbocycles. The average Bonchev–Trinajstić information content (AvgIpc) is 2.81. The standard InChI is InChI=1S/C11H15ClN6/c1-3-5-8(2)14-10-15-9(12)16-11(17-10)18-7-4-6-13-18/h4,6-8H,3,5H2,1-2H3,(H,14,15,16,17). The van der Waals surface area contributed by atoms with Crippen LogP contribution >= 0.6 is 11.6 Å². The van der Waals surface area contributed by atoms with E-state index < -0.39 is 0 Å². The van der Waals surface area contributed by atoms with Crippen molar-refractivity contribution in [1.29, 1.82) is 0 Å². The van der Waals surface area contributed by atoms with Gasteiger partial charge in [0.1, 0.15) is 0 Å². The third kappa shape index (κ3) is 3.16. The Balaban J connectivity index is 2.22. The molecule has 0 aliphatic carbocycles. The van der Waals surface area contributed by atoms with Crippen LogP contribution in [0.4, 0.5) is 5.95 Å². The lowest BCUT2D eigenvalue weighted by Gasteiger charge is -2.12. The van der Waals surface area contributed by atoms with Gasteiger partial charge in [-0.15, -0.1) is 0 Å². The fraction of sp³-hybridized carbons (Fsp3) is 0.455. The van der Waals surface area contributed by atoms with E-state index >= 15 is 0 Å². The molecule has 0 aliphatic rings. The zero-order valence-electron chi connectivity index (χ0n) is 10.3. The molecule has 2 rings (SSSR count). The molecule has 0 amide bonds. The van der Waals surface area contributed by atoms with Crippen molar-refractivity contribution in [3.05, 3.63) is 23.7 Å². The van der Waals surface area contributed by atoms with Gasteiger partial charge in [0.15, 0.2) is 0 Å². The van der Waals surface area contributed by atoms with Gasteiger partial charge in [0.2, 0.25) is 11.2 Å². The summed E-state index contributed by atoms with van der Waals surface area (Å²) in [7, 11) is 0. The molecule has 0 aromatic carbocycles. The summed E-state index contributed by atoms with van der Waals surface area (Å²) in [6, 6.07) is 2.09. The summed E-state index contributed by atoms with van der Waals surface area (Å²) in [6.07, 6.45) is 5.55. The van der Waals surface area contributed by atoms with Crippen LogP contribution in [0.25, 0.3) is 5.95 Å². The van der Waals surface area contributed by atoms with Crippen molar-refractivity contribution in [3.8, 4) is 5.95 Å². The zero-order valence-corrected chi connectivity index (χ0v) is 11.1. The first-order chi connectivity index (χ1) is 8.69. The predicted octanol–water partition coefficient (Wildman–Crippen LogP) is 2.31. The van der Waals surface area contributed by atoms with E-state index in [9.17, 15) is 0 Å². The molecule has 18 heavy (non-hydrogen) atoms. The molecular weight excluding hydrogens is 252 g/mol. The number of rotatable bonds is 5. The van der Waals surface area contributed by atoms with E-state index in [1.54, 1.807) is 23.1 Å². The van der Waals surface area contributed by atoms with Crippen LogP contribution < -0.4 is 5.32 Å². The van der Waals surface area contributed by atoms with Gasteiger partial charge in [-0.25, -0.2) is 4.68 Å². The Bertz CT molecular complexity index is 498. The summed E-state index contributed by atoms with van der Waals surface area (Å²) in [4.78, 5) is 12.4. The van der Waals surface area contributed by atoms with Crippen LogP contribution in [0.15, 0.2) is 18.5 Å². The Morgan fingerprint density at radius 3 is 2.89 bits per heavy atom. The molecule has 7 heteroatoms. The Morgan fingerprint density at radius 1 is 1.39 bits per heavy atom. The van der Waals surface area contributed by atoms with Gasteiger partial charge in [0, 0.05) is 18.4 Å². The molecule has 1 atom stereocenters. The maximum atomic E-state index is 5.88. The molecular formula is C11H15ClN6. The van der Waals surface area contributed by atoms with Gasteiger partial charge in [-0.05, 0) is 31.0 Å². The summed E-state index contributed by atoms with van der Waals surface area (Å²) >= 11 is 5.88. The molecule has 0 radical (unpaired) electrons. The maximum Gasteiger partial charge on any atom is 0.256 e. The van der Waals surface area contributed by atoms with Crippen molar-refractivity contribution in [2.75, 3.05) is 5.32 Å². The first kappa shape index (κ1) is 12.8. The summed E-state index contributed by atoms with van der Waals surface area (Å²) in [6.45, 7) is 4.21. The third-order valence-electron chi connectivity index (χ3n) is 2.40. The first-order valence-corrected chi connectivity index (χ1v) is 6.25. The predicted molar refractivity (Wildman–Crippen MR) is 70.0 cm³/mol. The van der Waals surface area contributed by atoms with E-state index in [2.05, 4.69) is 39.2 Å². The summed E-state index contributed by atoms with van der Waals surface area (Å²) in [5, 5.41) is 7.41. The van der Waals surface area contributed by atoms with E-state index in [1.165, 1.54) is 0 Å². The number of anilines is 1. The largest absolute Gasteiger partial charge is 0.352 e. The van der Waals surface area contributed by atoms with E-state index in [0.29, 0.717) is 17.9 Å². The topological polar surface area (TPSA) is 68.5 Å². The van der Waals surface area contributed by atoms with Crippen molar-refractivity contribution >= 4 is 17.5 Å². The quantitative estimate of drug-likeness (QED) is 0.899. The van der Waals surface area contributed by atoms with Gasteiger partial charge in [-0.3, -0.25) is 0 Å². The third-order valence-corrected chi connectivity index (χ3v) is 2.57. The van der Waals surface area contributed by atoms with E-state index in [1.807, 2.05) is 0 Å². The van der Waals surface area contributed by atoms with Crippen molar-refractivity contribution in [2.45, 2.75) is 32.7 Å². The molecule has 2 heterocycles. The van der Waals surface area contributed by atoms with Gasteiger partial charge >= 0.3 is 0 Å². The van der Waals surface area contributed by atoms with E-state index in [4.69, 9.17) is 11.6 Å². The molecule has 2 aromatic rings. The average molecular weight is 267 g/mol. The molecule has 0 fully saturated rings. The molecule has 1 N–H and O–H groups in total. The maximum absolute atomic E-state index is 5.88. The van der Waals surface area contributed by atoms with Crippen molar-refractivity contribution < 1.29 is 0 Å². The number of nitrogens with one attached hydrogen (secondary N) is 1. The van der Waals surface area contributed by atoms with Crippen LogP contribution in [-0.2, 0) is 0 Å². The molecule has 0 saturated heterocycles. The van der Waals surface area contributed by atoms with Gasteiger partial charge in [0.25, 0.3) is 5.95 Å². The first-order valence-electron chi connectivity index (χ1n) is 5.87. The molecule has 1 unspecified atom stereocenters. The van der Waals surface area contributed by atoms with Gasteiger partial charge in [0.05, 0.1) is 0 Å². The lowest BCUT2D eigenvalue weighted by molar-refractivity contribution is 0.680. The molecule has 6 nitrogen and oxygen atoms in total. The molecule has 0 spiro atoms. The van der Waals surface area contributed by atoms with Crippen LogP contribution in [0.2, 0.25) is 5.28 Å². The summed E-state index contributed by atoms with van der Waals surface area (Å²) < 4.78 is 1.54. The van der Waals surface area contributed by atoms with Crippen molar-refractivity contribution in [1.82, 2.24) is 24.7 Å². The second kappa shape index (κ2) is 5.77. The minimum Gasteiger partial charge on any atom is -0.352 e. The van der Waals surface area contributed by atoms with E-state index in [-0.39, 0.29) is 5.28 Å². The highest BCUT2D eigenvalue weighted by Crippen LogP contribution is 2.11. The Hall–Kier alpha value is -1.69. The molecule has 96 valence electrons. The lowest BCUT2D eigenvalue weighted by atomic mass is 10.2. The Kier molecular flexibility index (Phi) is 4.09. The minimum atomic E-state index is 0.154. The number of hydrogen-bond acceptors (Lipinski definition) is 5. The second-order valence-electron chi connectivity index (χ2n) is 4.01. The Labute approximate surface area is 110 Å². The van der Waals surface area contributed by atoms with E-state index in [0.717, 1.165) is 12.8 Å². The SMILES string of the molecule is CCCC(C)Nc1nc(Cl)nc(-n2cccn2)n1. The van der Waals surface area contributed by atoms with Gasteiger partial charge in [-0.1, -0.05) is 13.3 Å². The van der Waals surface area contributed by atoms with Crippen molar-refractivity contribution in [2.24, 2.45) is 0 Å². The number of hydrogen-bond donors (Lipinski definition) is 1. The number of nitrogens with zero attached hydrogens (tertiary/aromatic N) is 5. The molecule has 0 aliphatic heterocycles.